The number of hydrogen-bond acceptors (Lipinski definition) is 6. The molecule has 0 spiro atoms. The number of nitrogens with zero attached hydrogens (tertiary/aromatic N) is 3. The minimum Gasteiger partial charge on any atom is -0.379 e. The summed E-state index contributed by atoms with van der Waals surface area (Å²) in [5.41, 5.74) is 0.641. The van der Waals surface area contributed by atoms with E-state index in [-0.39, 0.29) is 33.8 Å². The van der Waals surface area contributed by atoms with Gasteiger partial charge in [0.25, 0.3) is 0 Å². The van der Waals surface area contributed by atoms with Crippen LogP contribution in [0.1, 0.15) is 13.8 Å². The van der Waals surface area contributed by atoms with Crippen LogP contribution in [0.3, 0.4) is 0 Å². The van der Waals surface area contributed by atoms with Crippen LogP contribution in [0.2, 0.25) is 10.0 Å². The van der Waals surface area contributed by atoms with Gasteiger partial charge in [-0.05, 0) is 26.0 Å². The molecule has 2 aliphatic heterocycles. The molecule has 1 N–H and O–H groups in total. The van der Waals surface area contributed by atoms with Crippen molar-refractivity contribution in [2.45, 2.75) is 43.5 Å². The first-order valence-corrected chi connectivity index (χ1v) is 13.0. The molecule has 0 bridgehead atoms. The van der Waals surface area contributed by atoms with Crippen molar-refractivity contribution >= 4 is 51.7 Å². The highest BCUT2D eigenvalue weighted by atomic mass is 35.5. The van der Waals surface area contributed by atoms with Gasteiger partial charge in [0.2, 0.25) is 0 Å². The molecule has 11 heteroatoms. The molecule has 1 fully saturated rings. The number of thioether (sulfide) groups is 1. The molecule has 2 aromatic carbocycles. The first kappa shape index (κ1) is 24.8. The zero-order chi connectivity index (χ0) is 25.0. The predicted octanol–water partition coefficient (Wildman–Crippen LogP) is 4.96. The third-order valence-electron chi connectivity index (χ3n) is 6.42. The Bertz CT molecular complexity index is 1380. The molecule has 3 aromatic rings. The molecule has 3 heterocycles. The van der Waals surface area contributed by atoms with E-state index in [0.717, 1.165) is 6.07 Å². The number of hydrogen-bond donors (Lipinski definition) is 1. The molecule has 0 saturated carbocycles. The topological polar surface area (TPSA) is 59.4 Å². The number of aromatic nitrogens is 2. The summed E-state index contributed by atoms with van der Waals surface area (Å²) in [6.07, 6.45) is -0.270. The van der Waals surface area contributed by atoms with Crippen molar-refractivity contribution in [1.82, 2.24) is 14.9 Å². The number of halogens is 4. The van der Waals surface area contributed by atoms with Gasteiger partial charge >= 0.3 is 5.69 Å². The van der Waals surface area contributed by atoms with Crippen LogP contribution in [0.5, 0.6) is 0 Å². The second-order valence-corrected chi connectivity index (χ2v) is 10.9. The Morgan fingerprint density at radius 1 is 1.09 bits per heavy atom. The quantitative estimate of drug-likeness (QED) is 0.474. The molecule has 1 unspecified atom stereocenters. The second kappa shape index (κ2) is 9.52. The van der Waals surface area contributed by atoms with Crippen LogP contribution in [0.4, 0.5) is 14.6 Å². The van der Waals surface area contributed by atoms with Crippen molar-refractivity contribution in [3.63, 3.8) is 0 Å². The summed E-state index contributed by atoms with van der Waals surface area (Å²) in [5.74, 6) is -0.586. The molecular formula is C24H24Cl2F2N4O2S. The molecule has 0 radical (unpaired) electrons. The Labute approximate surface area is 215 Å². The summed E-state index contributed by atoms with van der Waals surface area (Å²) in [4.78, 5) is 20.5. The van der Waals surface area contributed by atoms with Crippen molar-refractivity contribution < 1.29 is 13.5 Å². The molecule has 186 valence electrons. The largest absolute Gasteiger partial charge is 0.379 e. The summed E-state index contributed by atoms with van der Waals surface area (Å²) >= 11 is 14.2. The number of rotatable bonds is 3. The van der Waals surface area contributed by atoms with Crippen molar-refractivity contribution in [2.75, 3.05) is 30.9 Å². The Balaban J connectivity index is 1.84. The maximum absolute atomic E-state index is 15.0. The van der Waals surface area contributed by atoms with Crippen LogP contribution in [0, 0.1) is 11.6 Å². The van der Waals surface area contributed by atoms with Gasteiger partial charge < -0.3 is 15.0 Å². The van der Waals surface area contributed by atoms with Crippen molar-refractivity contribution in [3.05, 3.63) is 50.4 Å². The first-order valence-electron chi connectivity index (χ1n) is 11.3. The third kappa shape index (κ3) is 4.42. The lowest BCUT2D eigenvalue weighted by Gasteiger charge is -2.37. The maximum atomic E-state index is 15.0. The summed E-state index contributed by atoms with van der Waals surface area (Å²) < 4.78 is 36.1. The average molecular weight is 541 g/mol. The van der Waals surface area contributed by atoms with E-state index in [2.05, 4.69) is 29.0 Å². The number of ether oxygens (including phenoxy) is 1. The minimum absolute atomic E-state index is 0.0726. The summed E-state index contributed by atoms with van der Waals surface area (Å²) in [5, 5.41) is 4.24. The Hall–Kier alpha value is -1.91. The van der Waals surface area contributed by atoms with Gasteiger partial charge in [-0.3, -0.25) is 4.57 Å². The molecule has 3 atom stereocenters. The highest BCUT2D eigenvalue weighted by Gasteiger charge is 2.30. The van der Waals surface area contributed by atoms with Gasteiger partial charge in [-0.2, -0.15) is 4.98 Å². The second-order valence-electron chi connectivity index (χ2n) is 9.08. The number of methoxy groups -OCH3 is 1. The van der Waals surface area contributed by atoms with Crippen LogP contribution in [0.25, 0.3) is 22.0 Å². The number of nitrogens with one attached hydrogen (secondary N) is 1. The molecule has 2 aliphatic rings. The van der Waals surface area contributed by atoms with Gasteiger partial charge in [-0.1, -0.05) is 23.2 Å². The van der Waals surface area contributed by atoms with Gasteiger partial charge in [0.1, 0.15) is 17.5 Å². The standard InChI is InChI=1S/C24H24Cl2F2N4O2S/c1-11-7-31(8-12(2)29-11)23-15-5-17(26)20(14-4-16(25)19(28)6-18(14)27)22-21(15)32(24(33)30-23)9-13(34-3)10-35-22/h4-6,11-13,29H,7-10H2,1-3H3/t11-,12+,13?. The van der Waals surface area contributed by atoms with Crippen LogP contribution in [-0.4, -0.2) is 53.7 Å². The smallest absolute Gasteiger partial charge is 0.350 e. The van der Waals surface area contributed by atoms with E-state index < -0.39 is 17.3 Å². The predicted molar refractivity (Wildman–Crippen MR) is 137 cm³/mol. The van der Waals surface area contributed by atoms with E-state index in [0.29, 0.717) is 52.6 Å². The molecule has 0 amide bonds. The lowest BCUT2D eigenvalue weighted by atomic mass is 10.0. The van der Waals surface area contributed by atoms with Crippen molar-refractivity contribution in [1.29, 1.82) is 0 Å². The molecular weight excluding hydrogens is 517 g/mol. The monoisotopic (exact) mass is 540 g/mol. The van der Waals surface area contributed by atoms with Gasteiger partial charge in [-0.25, -0.2) is 13.6 Å². The Morgan fingerprint density at radius 2 is 1.80 bits per heavy atom. The van der Waals surface area contributed by atoms with Gasteiger partial charge in [0.05, 0.1) is 28.2 Å². The number of piperazine rings is 1. The maximum Gasteiger partial charge on any atom is 0.350 e. The Kier molecular flexibility index (Phi) is 6.74. The summed E-state index contributed by atoms with van der Waals surface area (Å²) in [7, 11) is 1.59. The highest BCUT2D eigenvalue weighted by molar-refractivity contribution is 7.99. The summed E-state index contributed by atoms with van der Waals surface area (Å²) in [6, 6.07) is 4.10. The van der Waals surface area contributed by atoms with E-state index in [9.17, 15) is 9.18 Å². The zero-order valence-corrected chi connectivity index (χ0v) is 21.7. The van der Waals surface area contributed by atoms with Gasteiger partial charge in [0.15, 0.2) is 0 Å². The fourth-order valence-electron chi connectivity index (χ4n) is 4.95. The van der Waals surface area contributed by atoms with E-state index in [1.165, 1.54) is 17.8 Å². The lowest BCUT2D eigenvalue weighted by Crippen LogP contribution is -2.55. The Morgan fingerprint density at radius 3 is 2.49 bits per heavy atom. The zero-order valence-electron chi connectivity index (χ0n) is 19.4. The van der Waals surface area contributed by atoms with E-state index >= 15 is 4.39 Å². The van der Waals surface area contributed by atoms with Gasteiger partial charge in [-0.15, -0.1) is 11.8 Å². The van der Waals surface area contributed by atoms with Crippen LogP contribution < -0.4 is 15.9 Å². The third-order valence-corrected chi connectivity index (χ3v) is 8.23. The van der Waals surface area contributed by atoms with Crippen molar-refractivity contribution in [2.24, 2.45) is 0 Å². The molecule has 0 aliphatic carbocycles. The molecule has 5 rings (SSSR count). The van der Waals surface area contributed by atoms with E-state index in [4.69, 9.17) is 27.9 Å². The summed E-state index contributed by atoms with van der Waals surface area (Å²) in [6.45, 7) is 5.79. The number of benzene rings is 2. The fourth-order valence-corrected chi connectivity index (χ4v) is 6.79. The minimum atomic E-state index is -0.854. The highest BCUT2D eigenvalue weighted by Crippen LogP contribution is 2.46. The van der Waals surface area contributed by atoms with Crippen LogP contribution >= 0.6 is 35.0 Å². The van der Waals surface area contributed by atoms with E-state index in [1.807, 2.05) is 0 Å². The van der Waals surface area contributed by atoms with Crippen LogP contribution in [0.15, 0.2) is 27.9 Å². The lowest BCUT2D eigenvalue weighted by molar-refractivity contribution is 0.107. The normalized spacial score (nSPS) is 22.5. The van der Waals surface area contributed by atoms with Gasteiger partial charge in [0, 0.05) is 65.5 Å². The fraction of sp³-hybridized carbons (Fsp3) is 0.417. The molecule has 35 heavy (non-hydrogen) atoms. The van der Waals surface area contributed by atoms with Crippen LogP contribution in [-0.2, 0) is 11.3 Å². The SMILES string of the molecule is COC1CSc2c(-c3cc(Cl)c(F)cc3F)c(Cl)cc3c(N4C[C@@H](C)N[C@@H](C)C4)nc(=O)n(c23)C1. The average Bonchev–Trinajstić information content (AvgIpc) is 2.99. The number of anilines is 1. The molecule has 6 nitrogen and oxygen atoms in total. The van der Waals surface area contributed by atoms with Crippen molar-refractivity contribution in [3.8, 4) is 11.1 Å². The van der Waals surface area contributed by atoms with E-state index in [1.54, 1.807) is 17.7 Å². The molecule has 1 aromatic heterocycles. The first-order chi connectivity index (χ1) is 16.7. The molecule has 1 saturated heterocycles.